The number of likely N-dealkylation sites (tertiary alicyclic amines) is 1. The highest BCUT2D eigenvalue weighted by atomic mass is 32.2. The third-order valence-corrected chi connectivity index (χ3v) is 8.48. The van der Waals surface area contributed by atoms with Crippen LogP contribution in [0, 0.1) is 0 Å². The van der Waals surface area contributed by atoms with Crippen LogP contribution in [-0.2, 0) is 14.8 Å². The van der Waals surface area contributed by atoms with E-state index in [9.17, 15) is 13.2 Å². The third-order valence-electron chi connectivity index (χ3n) is 6.83. The van der Waals surface area contributed by atoms with Crippen molar-refractivity contribution in [3.8, 4) is 16.9 Å². The first-order valence-electron chi connectivity index (χ1n) is 13.2. The number of carbonyl (C=O) groups is 1. The average molecular weight is 557 g/mol. The first-order valence-corrected chi connectivity index (χ1v) is 14.7. The maximum atomic E-state index is 13.2. The van der Waals surface area contributed by atoms with E-state index in [1.165, 1.54) is 31.3 Å². The van der Waals surface area contributed by atoms with Crippen LogP contribution in [0.5, 0.6) is 5.75 Å². The summed E-state index contributed by atoms with van der Waals surface area (Å²) in [6.07, 6.45) is 8.33. The second-order valence-electron chi connectivity index (χ2n) is 9.64. The molecule has 1 aromatic heterocycles. The molecule has 0 radical (unpaired) electrons. The van der Waals surface area contributed by atoms with E-state index in [0.717, 1.165) is 40.5 Å². The highest BCUT2D eigenvalue weighted by Crippen LogP contribution is 2.25. The van der Waals surface area contributed by atoms with Crippen molar-refractivity contribution >= 4 is 33.4 Å². The molecule has 1 aliphatic heterocycles. The number of nitrogens with two attached hydrogens (primary N) is 1. The monoisotopic (exact) mass is 556 g/mol. The van der Waals surface area contributed by atoms with Gasteiger partial charge in [-0.2, -0.15) is 0 Å². The first-order chi connectivity index (χ1) is 19.4. The fourth-order valence-electron chi connectivity index (χ4n) is 4.58. The van der Waals surface area contributed by atoms with Crippen LogP contribution < -0.4 is 15.8 Å². The summed E-state index contributed by atoms with van der Waals surface area (Å²) in [6, 6.07) is 23.2. The van der Waals surface area contributed by atoms with E-state index in [4.69, 9.17) is 10.5 Å². The van der Waals surface area contributed by atoms with E-state index in [1.54, 1.807) is 60.7 Å². The maximum absolute atomic E-state index is 13.2. The molecule has 8 nitrogen and oxygen atoms in total. The molecule has 0 unspecified atom stereocenters. The van der Waals surface area contributed by atoms with Crippen molar-refractivity contribution in [3.63, 3.8) is 0 Å². The van der Waals surface area contributed by atoms with Crippen molar-refractivity contribution in [1.29, 1.82) is 0 Å². The van der Waals surface area contributed by atoms with Gasteiger partial charge in [-0.15, -0.1) is 0 Å². The van der Waals surface area contributed by atoms with Gasteiger partial charge in [-0.1, -0.05) is 36.4 Å². The largest absolute Gasteiger partial charge is 0.492 e. The predicted octanol–water partition coefficient (Wildman–Crippen LogP) is 5.10. The van der Waals surface area contributed by atoms with Gasteiger partial charge in [-0.25, -0.2) is 12.4 Å². The number of hydrogen-bond acceptors (Lipinski definition) is 6. The molecular formula is C31H32N4O4S. The summed E-state index contributed by atoms with van der Waals surface area (Å²) in [5.41, 5.74) is 9.27. The van der Waals surface area contributed by atoms with E-state index in [0.29, 0.717) is 23.5 Å². The summed E-state index contributed by atoms with van der Waals surface area (Å²) in [5, 5.41) is 2.70. The Hall–Kier alpha value is -4.34. The molecule has 0 spiro atoms. The summed E-state index contributed by atoms with van der Waals surface area (Å²) >= 11 is 0. The number of nitrogens with one attached hydrogen (secondary N) is 1. The number of hydrogen-bond donors (Lipinski definition) is 2. The second kappa shape index (κ2) is 12.2. The molecule has 1 amide bonds. The molecule has 2 heterocycles. The Labute approximate surface area is 234 Å². The van der Waals surface area contributed by atoms with Gasteiger partial charge in [-0.05, 0) is 91.2 Å². The standard InChI is InChI=1S/C31H32N4O4S/c32-29-5-1-2-6-30(29)33-31(36)16-7-24-17-20-35(23-24)40(37,38)28-14-10-26(11-15-28)25-8-12-27(13-9-25)39-22-21-34-18-3-4-19-34/h1-2,5-17,20,23H,3-4,18-19,21-22,32H2,(H,33,36). The van der Waals surface area contributed by atoms with Gasteiger partial charge in [0.1, 0.15) is 12.4 Å². The highest BCUT2D eigenvalue weighted by molar-refractivity contribution is 7.90. The Balaban J connectivity index is 1.19. The topological polar surface area (TPSA) is 107 Å². The molecule has 3 aromatic carbocycles. The molecule has 3 N–H and O–H groups in total. The summed E-state index contributed by atoms with van der Waals surface area (Å²) < 4.78 is 33.4. The number of ether oxygens (including phenoxy) is 1. The van der Waals surface area contributed by atoms with Gasteiger partial charge >= 0.3 is 0 Å². The minimum Gasteiger partial charge on any atom is -0.492 e. The zero-order valence-electron chi connectivity index (χ0n) is 22.1. The first kappa shape index (κ1) is 27.2. The molecular weight excluding hydrogens is 524 g/mol. The van der Waals surface area contributed by atoms with Crippen LogP contribution in [0.25, 0.3) is 17.2 Å². The Kier molecular flexibility index (Phi) is 8.33. The van der Waals surface area contributed by atoms with Gasteiger partial charge in [0.25, 0.3) is 10.0 Å². The number of carbonyl (C=O) groups excluding carboxylic acids is 1. The lowest BCUT2D eigenvalue weighted by molar-refractivity contribution is -0.111. The minimum absolute atomic E-state index is 0.168. The van der Waals surface area contributed by atoms with Gasteiger partial charge in [0, 0.05) is 25.0 Å². The minimum atomic E-state index is -3.79. The molecule has 4 aromatic rings. The second-order valence-corrected chi connectivity index (χ2v) is 11.5. The van der Waals surface area contributed by atoms with Crippen LogP contribution in [0.15, 0.2) is 102 Å². The summed E-state index contributed by atoms with van der Waals surface area (Å²) in [6.45, 7) is 3.91. The molecule has 0 bridgehead atoms. The van der Waals surface area contributed by atoms with Crippen LogP contribution in [-0.4, -0.2) is 49.4 Å². The van der Waals surface area contributed by atoms with Crippen LogP contribution in [0.4, 0.5) is 11.4 Å². The highest BCUT2D eigenvalue weighted by Gasteiger charge is 2.17. The number of amides is 1. The molecule has 0 aliphatic carbocycles. The van der Waals surface area contributed by atoms with Crippen molar-refractivity contribution in [2.24, 2.45) is 0 Å². The fourth-order valence-corrected chi connectivity index (χ4v) is 5.79. The summed E-state index contributed by atoms with van der Waals surface area (Å²) in [4.78, 5) is 14.8. The van der Waals surface area contributed by atoms with E-state index >= 15 is 0 Å². The van der Waals surface area contributed by atoms with Crippen molar-refractivity contribution in [3.05, 3.63) is 103 Å². The normalized spacial score (nSPS) is 14.0. The van der Waals surface area contributed by atoms with E-state index < -0.39 is 10.0 Å². The Morgan fingerprint density at radius 3 is 2.30 bits per heavy atom. The summed E-state index contributed by atoms with van der Waals surface area (Å²) in [5.74, 6) is 0.451. The van der Waals surface area contributed by atoms with Gasteiger partial charge in [-0.3, -0.25) is 9.69 Å². The number of aromatic nitrogens is 1. The number of anilines is 2. The average Bonchev–Trinajstić information content (AvgIpc) is 3.67. The van der Waals surface area contributed by atoms with E-state index in [2.05, 4.69) is 10.2 Å². The Morgan fingerprint density at radius 1 is 0.925 bits per heavy atom. The number of para-hydroxylation sites is 2. The van der Waals surface area contributed by atoms with Crippen molar-refractivity contribution in [2.45, 2.75) is 17.7 Å². The lowest BCUT2D eigenvalue weighted by Gasteiger charge is -2.15. The molecule has 0 atom stereocenters. The quantitative estimate of drug-likeness (QED) is 0.208. The molecule has 1 aliphatic rings. The number of nitrogens with zero attached hydrogens (tertiary/aromatic N) is 2. The smallest absolute Gasteiger partial charge is 0.267 e. The van der Waals surface area contributed by atoms with Crippen molar-refractivity contribution in [1.82, 2.24) is 8.87 Å². The van der Waals surface area contributed by atoms with Crippen LogP contribution >= 0.6 is 0 Å². The molecule has 0 saturated carbocycles. The number of nitrogen functional groups attached to an aromatic ring is 1. The predicted molar refractivity (Wildman–Crippen MR) is 159 cm³/mol. The van der Waals surface area contributed by atoms with E-state index in [-0.39, 0.29) is 10.8 Å². The molecule has 1 fully saturated rings. The van der Waals surface area contributed by atoms with E-state index in [1.807, 2.05) is 24.3 Å². The van der Waals surface area contributed by atoms with Crippen LogP contribution in [0.3, 0.4) is 0 Å². The van der Waals surface area contributed by atoms with Gasteiger partial charge < -0.3 is 15.8 Å². The zero-order chi connectivity index (χ0) is 28.0. The lowest BCUT2D eigenvalue weighted by atomic mass is 10.1. The number of rotatable bonds is 10. The molecule has 9 heteroatoms. The Bertz CT molecular complexity index is 1590. The fraction of sp³-hybridized carbons (Fsp3) is 0.194. The number of benzene rings is 3. The van der Waals surface area contributed by atoms with Gasteiger partial charge in [0.15, 0.2) is 0 Å². The van der Waals surface area contributed by atoms with Crippen LogP contribution in [0.2, 0.25) is 0 Å². The van der Waals surface area contributed by atoms with Gasteiger partial charge in [0.05, 0.1) is 16.3 Å². The molecule has 5 rings (SSSR count). The summed E-state index contributed by atoms with van der Waals surface area (Å²) in [7, 11) is -3.79. The zero-order valence-corrected chi connectivity index (χ0v) is 22.9. The molecule has 40 heavy (non-hydrogen) atoms. The lowest BCUT2D eigenvalue weighted by Crippen LogP contribution is -2.25. The van der Waals surface area contributed by atoms with Crippen molar-refractivity contribution in [2.75, 3.05) is 37.3 Å². The Morgan fingerprint density at radius 2 is 1.60 bits per heavy atom. The van der Waals surface area contributed by atoms with Gasteiger partial charge in [0.2, 0.25) is 5.91 Å². The molecule has 1 saturated heterocycles. The maximum Gasteiger partial charge on any atom is 0.267 e. The third kappa shape index (κ3) is 6.62. The molecule has 206 valence electrons. The van der Waals surface area contributed by atoms with Crippen LogP contribution in [0.1, 0.15) is 18.4 Å². The SMILES string of the molecule is Nc1ccccc1NC(=O)C=Cc1ccn(S(=O)(=O)c2ccc(-c3ccc(OCCN4CCCC4)cc3)cc2)c1. The van der Waals surface area contributed by atoms with Crippen molar-refractivity contribution < 1.29 is 17.9 Å².